The van der Waals surface area contributed by atoms with Crippen molar-refractivity contribution in [3.8, 4) is 0 Å². The predicted octanol–water partition coefficient (Wildman–Crippen LogP) is 12.9. The van der Waals surface area contributed by atoms with Crippen molar-refractivity contribution in [3.63, 3.8) is 0 Å². The average Bonchev–Trinajstić information content (AvgIpc) is 3.15. The molecule has 9 nitrogen and oxygen atoms in total. The van der Waals surface area contributed by atoms with Gasteiger partial charge in [-0.15, -0.1) is 0 Å². The maximum atomic E-state index is 12.7. The third-order valence-corrected chi connectivity index (χ3v) is 10.7. The van der Waals surface area contributed by atoms with Crippen molar-refractivity contribution in [3.05, 3.63) is 36.5 Å². The van der Waals surface area contributed by atoms with E-state index < -0.39 is 32.5 Å². The number of hydrogen-bond acceptors (Lipinski definition) is 7. The summed E-state index contributed by atoms with van der Waals surface area (Å²) in [5.41, 5.74) is 0. The monoisotopic (exact) mass is 813 g/mol. The summed E-state index contributed by atoms with van der Waals surface area (Å²) >= 11 is 0. The Hall–Kier alpha value is -1.77. The third kappa shape index (κ3) is 41.9. The van der Waals surface area contributed by atoms with Crippen LogP contribution in [0.1, 0.15) is 194 Å². The fraction of sp³-hybridized carbons (Fsp3) is 0.826. The Bertz CT molecular complexity index is 1050. The van der Waals surface area contributed by atoms with Crippen LogP contribution in [0, 0.1) is 0 Å². The molecule has 2 atom stereocenters. The second kappa shape index (κ2) is 38.7. The molecular formula is C46H87NO8P+. The molecule has 0 fully saturated rings. The number of unbranched alkanes of at least 4 members (excludes halogenated alkanes) is 24. The van der Waals surface area contributed by atoms with Gasteiger partial charge < -0.3 is 18.9 Å². The average molecular weight is 813 g/mol. The Labute approximate surface area is 344 Å². The third-order valence-electron chi connectivity index (χ3n) is 9.75. The highest BCUT2D eigenvalue weighted by atomic mass is 31.2. The molecule has 10 heteroatoms. The van der Waals surface area contributed by atoms with Crippen LogP contribution in [-0.4, -0.2) is 74.9 Å². The van der Waals surface area contributed by atoms with Crippen molar-refractivity contribution in [2.75, 3.05) is 47.5 Å². The Balaban J connectivity index is 4.43. The minimum atomic E-state index is -4.39. The molecule has 0 aliphatic carbocycles. The zero-order chi connectivity index (χ0) is 41.4. The van der Waals surface area contributed by atoms with Gasteiger partial charge in [-0.2, -0.15) is 0 Å². The molecule has 0 rings (SSSR count). The van der Waals surface area contributed by atoms with E-state index in [-0.39, 0.29) is 19.6 Å². The number of quaternary nitrogens is 1. The van der Waals surface area contributed by atoms with Crippen molar-refractivity contribution in [2.45, 2.75) is 200 Å². The maximum Gasteiger partial charge on any atom is 0.472 e. The normalized spacial score (nSPS) is 13.9. The van der Waals surface area contributed by atoms with Crippen LogP contribution < -0.4 is 0 Å². The first kappa shape index (κ1) is 54.2. The number of rotatable bonds is 41. The fourth-order valence-corrected chi connectivity index (χ4v) is 6.90. The quantitative estimate of drug-likeness (QED) is 0.0124. The molecule has 1 N–H and O–H groups in total. The van der Waals surface area contributed by atoms with E-state index in [1.165, 1.54) is 134 Å². The van der Waals surface area contributed by atoms with Gasteiger partial charge in [0, 0.05) is 12.5 Å². The molecule has 0 spiro atoms. The largest absolute Gasteiger partial charge is 0.472 e. The predicted molar refractivity (Wildman–Crippen MR) is 234 cm³/mol. The number of carbonyl (C=O) groups excluding carboxylic acids is 2. The maximum absolute atomic E-state index is 12.7. The van der Waals surface area contributed by atoms with Crippen LogP contribution >= 0.6 is 7.82 Å². The minimum Gasteiger partial charge on any atom is -0.458 e. The van der Waals surface area contributed by atoms with E-state index in [0.29, 0.717) is 17.4 Å². The van der Waals surface area contributed by atoms with E-state index in [1.807, 2.05) is 33.3 Å². The first-order chi connectivity index (χ1) is 27.0. The number of carbonyl (C=O) groups is 2. The van der Waals surface area contributed by atoms with E-state index in [1.54, 1.807) is 6.08 Å². The molecule has 0 aliphatic heterocycles. The second-order valence-corrected chi connectivity index (χ2v) is 18.0. The molecule has 0 radical (unpaired) electrons. The van der Waals surface area contributed by atoms with E-state index in [2.05, 4.69) is 26.0 Å². The summed E-state index contributed by atoms with van der Waals surface area (Å²) in [7, 11) is 1.43. The van der Waals surface area contributed by atoms with Crippen LogP contribution in [0.2, 0.25) is 0 Å². The van der Waals surface area contributed by atoms with E-state index >= 15 is 0 Å². The zero-order valence-corrected chi connectivity index (χ0v) is 37.8. The molecule has 0 saturated carbocycles. The number of allylic oxidation sites excluding steroid dienone is 5. The van der Waals surface area contributed by atoms with Crippen molar-refractivity contribution in [1.82, 2.24) is 0 Å². The van der Waals surface area contributed by atoms with Crippen LogP contribution in [0.15, 0.2) is 36.5 Å². The fourth-order valence-electron chi connectivity index (χ4n) is 6.16. The van der Waals surface area contributed by atoms with Crippen molar-refractivity contribution >= 4 is 19.8 Å². The molecular weight excluding hydrogens is 725 g/mol. The zero-order valence-electron chi connectivity index (χ0n) is 36.9. The molecule has 0 aromatic carbocycles. The van der Waals surface area contributed by atoms with Gasteiger partial charge in [-0.05, 0) is 44.9 Å². The molecule has 0 bridgehead atoms. The van der Waals surface area contributed by atoms with Crippen LogP contribution in [0.25, 0.3) is 0 Å². The summed E-state index contributed by atoms with van der Waals surface area (Å²) in [5.74, 6) is -1.05. The summed E-state index contributed by atoms with van der Waals surface area (Å²) < 4.78 is 34.1. The van der Waals surface area contributed by atoms with Gasteiger partial charge in [0.1, 0.15) is 19.8 Å². The van der Waals surface area contributed by atoms with Crippen LogP contribution in [0.4, 0.5) is 0 Å². The van der Waals surface area contributed by atoms with E-state index in [9.17, 15) is 19.0 Å². The topological polar surface area (TPSA) is 108 Å². The highest BCUT2D eigenvalue weighted by Gasteiger charge is 2.26. The SMILES string of the molecule is CCCCCCCC/C=C/CCCCCCCCCC(=O)O[C@H](COC(=O)/C=C/C=C/CCCCCCCCCCCCC)COP(=O)(O)OCC[N+](C)(C)C. The summed E-state index contributed by atoms with van der Waals surface area (Å²) in [5, 5.41) is 0. The molecule has 1 unspecified atom stereocenters. The minimum absolute atomic E-state index is 0.0185. The van der Waals surface area contributed by atoms with Crippen molar-refractivity contribution in [1.29, 1.82) is 0 Å². The molecule has 56 heavy (non-hydrogen) atoms. The Morgan fingerprint density at radius 2 is 1.04 bits per heavy atom. The van der Waals surface area contributed by atoms with Gasteiger partial charge in [-0.3, -0.25) is 13.8 Å². The molecule has 0 amide bonds. The highest BCUT2D eigenvalue weighted by Crippen LogP contribution is 2.43. The molecule has 0 saturated heterocycles. The second-order valence-electron chi connectivity index (χ2n) is 16.5. The lowest BCUT2D eigenvalue weighted by Crippen LogP contribution is -2.37. The smallest absolute Gasteiger partial charge is 0.458 e. The Kier molecular flexibility index (Phi) is 37.5. The number of ether oxygens (including phenoxy) is 2. The van der Waals surface area contributed by atoms with Crippen molar-refractivity contribution in [2.24, 2.45) is 0 Å². The number of nitrogens with zero attached hydrogens (tertiary/aromatic N) is 1. The number of phosphoric ester groups is 1. The van der Waals surface area contributed by atoms with E-state index in [0.717, 1.165) is 38.5 Å². The number of phosphoric acid groups is 1. The van der Waals surface area contributed by atoms with Crippen molar-refractivity contribution < 1.29 is 42.1 Å². The van der Waals surface area contributed by atoms with Gasteiger partial charge >= 0.3 is 19.8 Å². The molecule has 328 valence electrons. The highest BCUT2D eigenvalue weighted by molar-refractivity contribution is 7.47. The van der Waals surface area contributed by atoms with Gasteiger partial charge in [-0.25, -0.2) is 9.36 Å². The van der Waals surface area contributed by atoms with Gasteiger partial charge in [0.15, 0.2) is 6.10 Å². The summed E-state index contributed by atoms with van der Waals surface area (Å²) in [6, 6.07) is 0. The van der Waals surface area contributed by atoms with Gasteiger partial charge in [0.2, 0.25) is 0 Å². The Morgan fingerprint density at radius 1 is 0.589 bits per heavy atom. The molecule has 0 aromatic rings. The van der Waals surface area contributed by atoms with Gasteiger partial charge in [0.25, 0.3) is 0 Å². The molecule has 0 aromatic heterocycles. The Morgan fingerprint density at radius 3 is 1.52 bits per heavy atom. The summed E-state index contributed by atoms with van der Waals surface area (Å²) in [6.07, 6.45) is 43.9. The van der Waals surface area contributed by atoms with Crippen LogP contribution in [0.3, 0.4) is 0 Å². The van der Waals surface area contributed by atoms with Gasteiger partial charge in [-0.1, -0.05) is 173 Å². The van der Waals surface area contributed by atoms with Gasteiger partial charge in [0.05, 0.1) is 27.7 Å². The first-order valence-electron chi connectivity index (χ1n) is 22.8. The lowest BCUT2D eigenvalue weighted by molar-refractivity contribution is -0.870. The first-order valence-corrected chi connectivity index (χ1v) is 24.3. The van der Waals surface area contributed by atoms with Crippen LogP contribution in [0.5, 0.6) is 0 Å². The lowest BCUT2D eigenvalue weighted by Gasteiger charge is -2.24. The molecule has 0 aliphatic rings. The summed E-state index contributed by atoms with van der Waals surface area (Å²) in [4.78, 5) is 35.2. The lowest BCUT2D eigenvalue weighted by atomic mass is 10.1. The summed E-state index contributed by atoms with van der Waals surface area (Å²) in [6.45, 7) is 4.29. The standard InChI is InChI=1S/C46H86NO8P/c1-6-8-10-12-14-16-18-20-22-23-25-27-29-31-33-35-37-39-46(49)55-44(43-54-56(50,51)53-41-40-47(3,4)5)42-52-45(48)38-36-34-32-30-28-26-24-21-19-17-15-13-11-9-7-2/h20,22,32,34,36,38,44H,6-19,21,23-31,33,35,37,39-43H2,1-5H3/p+1/b22-20+,34-32+,38-36+/t44-/m1/s1. The molecule has 0 heterocycles. The van der Waals surface area contributed by atoms with Crippen LogP contribution in [-0.2, 0) is 32.7 Å². The van der Waals surface area contributed by atoms with E-state index in [4.69, 9.17) is 18.5 Å². The number of hydrogen-bond donors (Lipinski definition) is 1. The number of likely N-dealkylation sites (N-methyl/N-ethyl adjacent to an activating group) is 1. The number of esters is 2.